The van der Waals surface area contributed by atoms with Crippen LogP contribution in [0.4, 0.5) is 0 Å². The Bertz CT molecular complexity index is 355. The summed E-state index contributed by atoms with van der Waals surface area (Å²) in [5, 5.41) is 0. The third kappa shape index (κ3) is 4.81. The molecule has 1 aromatic carbocycles. The van der Waals surface area contributed by atoms with Crippen LogP contribution in [0.1, 0.15) is 38.7 Å². The van der Waals surface area contributed by atoms with Gasteiger partial charge in [-0.3, -0.25) is 0 Å². The van der Waals surface area contributed by atoms with Crippen molar-refractivity contribution in [3.8, 4) is 0 Å². The van der Waals surface area contributed by atoms with Gasteiger partial charge in [0.2, 0.25) is 0 Å². The summed E-state index contributed by atoms with van der Waals surface area (Å²) in [6.45, 7) is 11.4. The normalized spacial score (nSPS) is 14.3. The van der Waals surface area contributed by atoms with Gasteiger partial charge in [-0.1, -0.05) is 50.3 Å². The summed E-state index contributed by atoms with van der Waals surface area (Å²) in [7, 11) is 0. The number of hydrogen-bond donors (Lipinski definition) is 1. The number of hydrogen-bond acceptors (Lipinski definition) is 2. The lowest BCUT2D eigenvalue weighted by molar-refractivity contribution is 0.208. The van der Waals surface area contributed by atoms with Crippen molar-refractivity contribution in [3.05, 3.63) is 48.6 Å². The van der Waals surface area contributed by atoms with Crippen molar-refractivity contribution in [3.63, 3.8) is 0 Å². The Morgan fingerprint density at radius 3 is 2.21 bits per heavy atom. The van der Waals surface area contributed by atoms with E-state index in [0.717, 1.165) is 26.1 Å². The molecule has 0 spiro atoms. The van der Waals surface area contributed by atoms with Crippen LogP contribution in [-0.4, -0.2) is 24.5 Å². The van der Waals surface area contributed by atoms with E-state index in [0.29, 0.717) is 0 Å². The average molecular weight is 260 g/mol. The highest BCUT2D eigenvalue weighted by atomic mass is 15.1. The van der Waals surface area contributed by atoms with Crippen LogP contribution >= 0.6 is 0 Å². The molecule has 0 radical (unpaired) electrons. The van der Waals surface area contributed by atoms with E-state index in [-0.39, 0.29) is 5.54 Å². The summed E-state index contributed by atoms with van der Waals surface area (Å²) < 4.78 is 0. The minimum absolute atomic E-state index is 0.326. The highest BCUT2D eigenvalue weighted by Crippen LogP contribution is 2.24. The maximum Gasteiger partial charge on any atom is 0.0573 e. The maximum atomic E-state index is 6.68. The summed E-state index contributed by atoms with van der Waals surface area (Å²) in [6, 6.07) is 10.4. The van der Waals surface area contributed by atoms with Crippen LogP contribution in [0.3, 0.4) is 0 Å². The highest BCUT2D eigenvalue weighted by Gasteiger charge is 2.28. The van der Waals surface area contributed by atoms with E-state index in [1.165, 1.54) is 18.4 Å². The largest absolute Gasteiger partial charge is 0.320 e. The first kappa shape index (κ1) is 15.9. The fraction of sp³-hybridized carbons (Fsp3) is 0.529. The quantitative estimate of drug-likeness (QED) is 0.688. The lowest BCUT2D eigenvalue weighted by atomic mass is 9.87. The third-order valence-electron chi connectivity index (χ3n) is 3.44. The topological polar surface area (TPSA) is 29.3 Å². The van der Waals surface area contributed by atoms with Gasteiger partial charge in [-0.2, -0.15) is 0 Å². The van der Waals surface area contributed by atoms with Crippen LogP contribution in [0, 0.1) is 0 Å². The Labute approximate surface area is 118 Å². The fourth-order valence-corrected chi connectivity index (χ4v) is 2.60. The fourth-order valence-electron chi connectivity index (χ4n) is 2.60. The summed E-state index contributed by atoms with van der Waals surface area (Å²) in [4.78, 5) is 2.47. The van der Waals surface area contributed by atoms with Crippen molar-refractivity contribution in [1.82, 2.24) is 4.90 Å². The standard InChI is InChI=1S/C17H28N2/c1-4-12-17(18,16-10-8-7-9-11-16)15-19(13-5-2)14-6-3/h4,7-11H,1,5-6,12-15,18H2,2-3H3. The van der Waals surface area contributed by atoms with Gasteiger partial charge >= 0.3 is 0 Å². The number of nitrogens with two attached hydrogens (primary N) is 1. The molecule has 19 heavy (non-hydrogen) atoms. The first-order chi connectivity index (χ1) is 9.16. The molecular formula is C17H28N2. The minimum Gasteiger partial charge on any atom is -0.320 e. The average Bonchev–Trinajstić information content (AvgIpc) is 2.40. The first-order valence-electron chi connectivity index (χ1n) is 7.34. The first-order valence-corrected chi connectivity index (χ1v) is 7.34. The molecule has 1 rings (SSSR count). The van der Waals surface area contributed by atoms with Crippen molar-refractivity contribution in [2.75, 3.05) is 19.6 Å². The molecule has 0 aliphatic heterocycles. The van der Waals surface area contributed by atoms with Crippen LogP contribution in [0.2, 0.25) is 0 Å². The lowest BCUT2D eigenvalue weighted by Crippen LogP contribution is -2.48. The number of benzene rings is 1. The Morgan fingerprint density at radius 1 is 1.16 bits per heavy atom. The van der Waals surface area contributed by atoms with Crippen molar-refractivity contribution in [2.45, 2.75) is 38.6 Å². The van der Waals surface area contributed by atoms with Crippen LogP contribution in [0.5, 0.6) is 0 Å². The van der Waals surface area contributed by atoms with Crippen LogP contribution < -0.4 is 5.73 Å². The van der Waals surface area contributed by atoms with Gasteiger partial charge in [0.25, 0.3) is 0 Å². The van der Waals surface area contributed by atoms with Gasteiger partial charge < -0.3 is 10.6 Å². The zero-order valence-corrected chi connectivity index (χ0v) is 12.4. The third-order valence-corrected chi connectivity index (χ3v) is 3.44. The summed E-state index contributed by atoms with van der Waals surface area (Å²) in [5.41, 5.74) is 7.55. The van der Waals surface area contributed by atoms with Crippen molar-refractivity contribution in [2.24, 2.45) is 5.73 Å². The van der Waals surface area contributed by atoms with E-state index in [1.54, 1.807) is 0 Å². The molecule has 1 atom stereocenters. The Hall–Kier alpha value is -1.12. The molecule has 0 bridgehead atoms. The zero-order chi connectivity index (χ0) is 14.1. The molecule has 0 fully saturated rings. The van der Waals surface area contributed by atoms with Gasteiger partial charge in [-0.25, -0.2) is 0 Å². The molecule has 1 aromatic rings. The van der Waals surface area contributed by atoms with Crippen LogP contribution in [0.25, 0.3) is 0 Å². The van der Waals surface area contributed by atoms with Crippen molar-refractivity contribution in [1.29, 1.82) is 0 Å². The SMILES string of the molecule is C=CCC(N)(CN(CCC)CCC)c1ccccc1. The van der Waals surface area contributed by atoms with Crippen molar-refractivity contribution < 1.29 is 0 Å². The maximum absolute atomic E-state index is 6.68. The molecule has 2 heteroatoms. The lowest BCUT2D eigenvalue weighted by Gasteiger charge is -2.35. The van der Waals surface area contributed by atoms with Gasteiger partial charge in [-0.05, 0) is 37.9 Å². The molecule has 106 valence electrons. The monoisotopic (exact) mass is 260 g/mol. The van der Waals surface area contributed by atoms with Crippen LogP contribution in [-0.2, 0) is 5.54 Å². The Kier molecular flexibility index (Phi) is 6.82. The molecule has 0 heterocycles. The summed E-state index contributed by atoms with van der Waals surface area (Å²) >= 11 is 0. The molecule has 0 aliphatic carbocycles. The number of nitrogens with zero attached hydrogens (tertiary/aromatic N) is 1. The second-order valence-corrected chi connectivity index (χ2v) is 5.29. The second-order valence-electron chi connectivity index (χ2n) is 5.29. The van der Waals surface area contributed by atoms with Gasteiger partial charge in [0.15, 0.2) is 0 Å². The molecular weight excluding hydrogens is 232 g/mol. The van der Waals surface area contributed by atoms with E-state index in [1.807, 2.05) is 12.1 Å². The molecule has 0 saturated carbocycles. The highest BCUT2D eigenvalue weighted by molar-refractivity contribution is 5.25. The molecule has 1 unspecified atom stereocenters. The van der Waals surface area contributed by atoms with Crippen LogP contribution in [0.15, 0.2) is 43.0 Å². The summed E-state index contributed by atoms with van der Waals surface area (Å²) in [6.07, 6.45) is 5.07. The molecule has 2 nitrogen and oxygen atoms in total. The van der Waals surface area contributed by atoms with E-state index in [2.05, 4.69) is 49.6 Å². The second kappa shape index (κ2) is 8.13. The van der Waals surface area contributed by atoms with E-state index >= 15 is 0 Å². The minimum atomic E-state index is -0.326. The van der Waals surface area contributed by atoms with E-state index in [9.17, 15) is 0 Å². The molecule has 0 saturated heterocycles. The molecule has 0 aliphatic rings. The summed E-state index contributed by atoms with van der Waals surface area (Å²) in [5.74, 6) is 0. The van der Waals surface area contributed by atoms with Gasteiger partial charge in [0, 0.05) is 6.54 Å². The van der Waals surface area contributed by atoms with Gasteiger partial charge in [0.1, 0.15) is 0 Å². The molecule has 0 aromatic heterocycles. The predicted octanol–water partition coefficient (Wildman–Crippen LogP) is 3.54. The van der Waals surface area contributed by atoms with E-state index < -0.39 is 0 Å². The Morgan fingerprint density at radius 2 is 1.74 bits per heavy atom. The van der Waals surface area contributed by atoms with Gasteiger partial charge in [0.05, 0.1) is 5.54 Å². The van der Waals surface area contributed by atoms with Gasteiger partial charge in [-0.15, -0.1) is 6.58 Å². The zero-order valence-electron chi connectivity index (χ0n) is 12.4. The van der Waals surface area contributed by atoms with Crippen molar-refractivity contribution >= 4 is 0 Å². The molecule has 2 N–H and O–H groups in total. The Balaban J connectivity index is 2.88. The molecule has 0 amide bonds. The number of rotatable bonds is 9. The smallest absolute Gasteiger partial charge is 0.0573 e. The predicted molar refractivity (Wildman–Crippen MR) is 84.1 cm³/mol. The van der Waals surface area contributed by atoms with E-state index in [4.69, 9.17) is 5.73 Å².